The molecule has 0 bridgehead atoms. The Labute approximate surface area is 101 Å². The summed E-state index contributed by atoms with van der Waals surface area (Å²) in [6.07, 6.45) is 8.03. The maximum atomic E-state index is 4.32. The number of hydrogen-bond acceptors (Lipinski definition) is 3. The SMILES string of the molecule is CCCCNc1nccn1Cc1cn[nH]c1C. The summed E-state index contributed by atoms with van der Waals surface area (Å²) in [7, 11) is 0. The fourth-order valence-corrected chi connectivity index (χ4v) is 1.70. The maximum absolute atomic E-state index is 4.32. The second-order valence-corrected chi connectivity index (χ2v) is 4.18. The van der Waals surface area contributed by atoms with Gasteiger partial charge in [0.05, 0.1) is 12.7 Å². The number of unbranched alkanes of at least 4 members (excludes halogenated alkanes) is 1. The molecule has 0 saturated carbocycles. The van der Waals surface area contributed by atoms with Crippen LogP contribution >= 0.6 is 0 Å². The highest BCUT2D eigenvalue weighted by atomic mass is 15.2. The molecule has 2 rings (SSSR count). The van der Waals surface area contributed by atoms with E-state index in [1.54, 1.807) is 0 Å². The van der Waals surface area contributed by atoms with Gasteiger partial charge in [-0.25, -0.2) is 4.98 Å². The van der Waals surface area contributed by atoms with Crippen molar-refractivity contribution in [1.82, 2.24) is 19.7 Å². The molecule has 2 heterocycles. The van der Waals surface area contributed by atoms with Gasteiger partial charge in [0.2, 0.25) is 5.95 Å². The number of imidazole rings is 1. The molecule has 2 aromatic heterocycles. The van der Waals surface area contributed by atoms with E-state index in [1.165, 1.54) is 12.0 Å². The van der Waals surface area contributed by atoms with Crippen LogP contribution in [0, 0.1) is 6.92 Å². The minimum absolute atomic E-state index is 0.802. The second-order valence-electron chi connectivity index (χ2n) is 4.18. The Hall–Kier alpha value is -1.78. The number of H-pyrrole nitrogens is 1. The fourth-order valence-electron chi connectivity index (χ4n) is 1.70. The minimum atomic E-state index is 0.802. The van der Waals surface area contributed by atoms with Gasteiger partial charge in [0.15, 0.2) is 0 Å². The third-order valence-corrected chi connectivity index (χ3v) is 2.80. The van der Waals surface area contributed by atoms with Gasteiger partial charge in [-0.2, -0.15) is 5.10 Å². The van der Waals surface area contributed by atoms with Gasteiger partial charge >= 0.3 is 0 Å². The summed E-state index contributed by atoms with van der Waals surface area (Å²) in [5.41, 5.74) is 2.31. The Morgan fingerprint density at radius 1 is 1.47 bits per heavy atom. The molecule has 0 unspecified atom stereocenters. The number of nitrogens with one attached hydrogen (secondary N) is 2. The summed E-state index contributed by atoms with van der Waals surface area (Å²) >= 11 is 0. The van der Waals surface area contributed by atoms with Gasteiger partial charge in [-0.1, -0.05) is 13.3 Å². The number of aryl methyl sites for hydroxylation is 1. The smallest absolute Gasteiger partial charge is 0.203 e. The van der Waals surface area contributed by atoms with Crippen LogP contribution in [0.2, 0.25) is 0 Å². The molecule has 0 radical (unpaired) electrons. The van der Waals surface area contributed by atoms with E-state index in [4.69, 9.17) is 0 Å². The van der Waals surface area contributed by atoms with Crippen LogP contribution in [0.4, 0.5) is 5.95 Å². The first kappa shape index (κ1) is 11.7. The Morgan fingerprint density at radius 3 is 3.06 bits per heavy atom. The number of nitrogens with zero attached hydrogens (tertiary/aromatic N) is 3. The molecule has 2 aromatic rings. The maximum Gasteiger partial charge on any atom is 0.203 e. The normalized spacial score (nSPS) is 10.7. The van der Waals surface area contributed by atoms with Crippen molar-refractivity contribution in [2.24, 2.45) is 0 Å². The van der Waals surface area contributed by atoms with Gasteiger partial charge < -0.3 is 9.88 Å². The number of anilines is 1. The lowest BCUT2D eigenvalue weighted by Crippen LogP contribution is -2.09. The van der Waals surface area contributed by atoms with Gasteiger partial charge in [-0.05, 0) is 13.3 Å². The van der Waals surface area contributed by atoms with E-state index in [2.05, 4.69) is 32.0 Å². The van der Waals surface area contributed by atoms with Crippen LogP contribution in [-0.2, 0) is 6.54 Å². The third kappa shape index (κ3) is 2.87. The third-order valence-electron chi connectivity index (χ3n) is 2.80. The second kappa shape index (κ2) is 5.52. The highest BCUT2D eigenvalue weighted by Gasteiger charge is 2.05. The predicted molar refractivity (Wildman–Crippen MR) is 68.1 cm³/mol. The van der Waals surface area contributed by atoms with Crippen molar-refractivity contribution in [1.29, 1.82) is 0 Å². The Bertz CT molecular complexity index is 457. The van der Waals surface area contributed by atoms with Gasteiger partial charge in [0.1, 0.15) is 0 Å². The van der Waals surface area contributed by atoms with E-state index in [0.29, 0.717) is 0 Å². The molecule has 17 heavy (non-hydrogen) atoms. The summed E-state index contributed by atoms with van der Waals surface area (Å²) in [5.74, 6) is 0.930. The standard InChI is InChI=1S/C12H19N5/c1-3-4-5-13-12-14-6-7-17(12)9-11-8-15-16-10(11)2/h6-8H,3-5,9H2,1-2H3,(H,13,14)(H,15,16). The van der Waals surface area contributed by atoms with Crippen molar-refractivity contribution in [2.75, 3.05) is 11.9 Å². The Morgan fingerprint density at radius 2 is 2.35 bits per heavy atom. The molecular weight excluding hydrogens is 214 g/mol. The van der Waals surface area contributed by atoms with E-state index < -0.39 is 0 Å². The van der Waals surface area contributed by atoms with Crippen LogP contribution in [0.15, 0.2) is 18.6 Å². The fraction of sp³-hybridized carbons (Fsp3) is 0.500. The summed E-state index contributed by atoms with van der Waals surface area (Å²) in [4.78, 5) is 4.32. The van der Waals surface area contributed by atoms with Crippen LogP contribution in [0.25, 0.3) is 0 Å². The molecule has 0 amide bonds. The largest absolute Gasteiger partial charge is 0.356 e. The molecule has 5 heteroatoms. The van der Waals surface area contributed by atoms with E-state index in [-0.39, 0.29) is 0 Å². The topological polar surface area (TPSA) is 58.5 Å². The zero-order chi connectivity index (χ0) is 12.1. The van der Waals surface area contributed by atoms with Gasteiger partial charge in [-0.3, -0.25) is 5.10 Å². The summed E-state index contributed by atoms with van der Waals surface area (Å²) in [5, 5.41) is 10.3. The number of hydrogen-bond donors (Lipinski definition) is 2. The van der Waals surface area contributed by atoms with E-state index in [1.807, 2.05) is 25.5 Å². The van der Waals surface area contributed by atoms with Gasteiger partial charge in [-0.15, -0.1) is 0 Å². The van der Waals surface area contributed by atoms with Crippen LogP contribution < -0.4 is 5.32 Å². The molecule has 0 aromatic carbocycles. The highest BCUT2D eigenvalue weighted by molar-refractivity contribution is 5.28. The lowest BCUT2D eigenvalue weighted by atomic mass is 10.2. The lowest BCUT2D eigenvalue weighted by Gasteiger charge is -2.08. The average molecular weight is 233 g/mol. The van der Waals surface area contributed by atoms with Crippen molar-refractivity contribution >= 4 is 5.95 Å². The van der Waals surface area contributed by atoms with Gasteiger partial charge in [0.25, 0.3) is 0 Å². The van der Waals surface area contributed by atoms with Crippen LogP contribution in [0.5, 0.6) is 0 Å². The molecule has 0 aliphatic rings. The monoisotopic (exact) mass is 233 g/mol. The minimum Gasteiger partial charge on any atom is -0.356 e. The highest BCUT2D eigenvalue weighted by Crippen LogP contribution is 2.11. The van der Waals surface area contributed by atoms with E-state index >= 15 is 0 Å². The van der Waals surface area contributed by atoms with Crippen LogP contribution in [-0.4, -0.2) is 26.3 Å². The van der Waals surface area contributed by atoms with Crippen molar-refractivity contribution in [3.8, 4) is 0 Å². The van der Waals surface area contributed by atoms with Crippen LogP contribution in [0.1, 0.15) is 31.0 Å². The molecule has 0 fully saturated rings. The first-order valence-corrected chi connectivity index (χ1v) is 6.05. The molecule has 2 N–H and O–H groups in total. The Kier molecular flexibility index (Phi) is 3.80. The van der Waals surface area contributed by atoms with Crippen molar-refractivity contribution in [3.05, 3.63) is 29.8 Å². The van der Waals surface area contributed by atoms with Crippen molar-refractivity contribution in [3.63, 3.8) is 0 Å². The van der Waals surface area contributed by atoms with Gasteiger partial charge in [0, 0.05) is 30.2 Å². The summed E-state index contributed by atoms with van der Waals surface area (Å²) in [6, 6.07) is 0. The Balaban J connectivity index is 2.01. The zero-order valence-corrected chi connectivity index (χ0v) is 10.4. The molecule has 0 aliphatic heterocycles. The molecule has 5 nitrogen and oxygen atoms in total. The molecule has 0 spiro atoms. The molecule has 0 saturated heterocycles. The summed E-state index contributed by atoms with van der Waals surface area (Å²) in [6.45, 7) is 5.99. The molecule has 0 aliphatic carbocycles. The number of rotatable bonds is 6. The quantitative estimate of drug-likeness (QED) is 0.752. The molecule has 0 atom stereocenters. The average Bonchev–Trinajstić information content (AvgIpc) is 2.91. The van der Waals surface area contributed by atoms with E-state index in [9.17, 15) is 0 Å². The van der Waals surface area contributed by atoms with E-state index in [0.717, 1.165) is 31.2 Å². The van der Waals surface area contributed by atoms with Crippen molar-refractivity contribution in [2.45, 2.75) is 33.2 Å². The van der Waals surface area contributed by atoms with Crippen LogP contribution in [0.3, 0.4) is 0 Å². The number of aromatic amines is 1. The molecular formula is C12H19N5. The lowest BCUT2D eigenvalue weighted by molar-refractivity contribution is 0.773. The first-order chi connectivity index (χ1) is 8.31. The first-order valence-electron chi connectivity index (χ1n) is 6.05. The number of aromatic nitrogens is 4. The molecule has 92 valence electrons. The van der Waals surface area contributed by atoms with Crippen molar-refractivity contribution < 1.29 is 0 Å². The predicted octanol–water partition coefficient (Wildman–Crippen LogP) is 2.17. The summed E-state index contributed by atoms with van der Waals surface area (Å²) < 4.78 is 2.10. The zero-order valence-electron chi connectivity index (χ0n) is 10.4.